The fraction of sp³-hybridized carbons (Fsp3) is 0.647. The van der Waals surface area contributed by atoms with E-state index in [1.54, 1.807) is 0 Å². The minimum absolute atomic E-state index is 0.546. The SMILES string of the molecule is CCNC1CCN(C2CCOc3ccccc32)CC1C. The van der Waals surface area contributed by atoms with Crippen molar-refractivity contribution in [2.75, 3.05) is 26.2 Å². The van der Waals surface area contributed by atoms with Gasteiger partial charge >= 0.3 is 0 Å². The third-order valence-electron chi connectivity index (χ3n) is 4.77. The first-order valence-corrected chi connectivity index (χ1v) is 7.98. The van der Waals surface area contributed by atoms with E-state index in [0.29, 0.717) is 12.1 Å². The third-order valence-corrected chi connectivity index (χ3v) is 4.77. The number of piperidine rings is 1. The van der Waals surface area contributed by atoms with Crippen molar-refractivity contribution < 1.29 is 4.74 Å². The number of fused-ring (bicyclic) bond motifs is 1. The Kier molecular flexibility index (Phi) is 4.27. The van der Waals surface area contributed by atoms with Crippen LogP contribution in [0.1, 0.15) is 38.3 Å². The summed E-state index contributed by atoms with van der Waals surface area (Å²) in [6.45, 7) is 8.90. The second kappa shape index (κ2) is 6.15. The molecule has 1 aromatic carbocycles. The fourth-order valence-corrected chi connectivity index (χ4v) is 3.73. The van der Waals surface area contributed by atoms with Crippen LogP contribution in [0.15, 0.2) is 24.3 Å². The highest BCUT2D eigenvalue weighted by atomic mass is 16.5. The average Bonchev–Trinajstić information content (AvgIpc) is 2.49. The van der Waals surface area contributed by atoms with E-state index in [1.165, 1.54) is 25.1 Å². The van der Waals surface area contributed by atoms with E-state index in [4.69, 9.17) is 4.74 Å². The van der Waals surface area contributed by atoms with Crippen LogP contribution in [0.2, 0.25) is 0 Å². The van der Waals surface area contributed by atoms with Crippen LogP contribution < -0.4 is 10.1 Å². The second-order valence-corrected chi connectivity index (χ2v) is 6.12. The minimum Gasteiger partial charge on any atom is -0.493 e. The normalized spacial score (nSPS) is 30.6. The zero-order valence-electron chi connectivity index (χ0n) is 12.6. The summed E-state index contributed by atoms with van der Waals surface area (Å²) in [7, 11) is 0. The Bertz CT molecular complexity index is 448. The maximum atomic E-state index is 5.79. The van der Waals surface area contributed by atoms with Crippen LogP contribution in [0.4, 0.5) is 0 Å². The highest BCUT2D eigenvalue weighted by Crippen LogP contribution is 2.37. The van der Waals surface area contributed by atoms with E-state index in [9.17, 15) is 0 Å². The number of ether oxygens (including phenoxy) is 1. The summed E-state index contributed by atoms with van der Waals surface area (Å²) >= 11 is 0. The van der Waals surface area contributed by atoms with Gasteiger partial charge in [0.2, 0.25) is 0 Å². The fourth-order valence-electron chi connectivity index (χ4n) is 3.73. The van der Waals surface area contributed by atoms with Gasteiger partial charge < -0.3 is 10.1 Å². The molecule has 0 radical (unpaired) electrons. The predicted octanol–water partition coefficient (Wildman–Crippen LogP) is 2.83. The molecule has 1 aromatic rings. The van der Waals surface area contributed by atoms with Crippen molar-refractivity contribution in [1.82, 2.24) is 10.2 Å². The summed E-state index contributed by atoms with van der Waals surface area (Å²) < 4.78 is 5.79. The van der Waals surface area contributed by atoms with Crippen molar-refractivity contribution in [2.24, 2.45) is 5.92 Å². The van der Waals surface area contributed by atoms with Crippen molar-refractivity contribution in [3.05, 3.63) is 29.8 Å². The van der Waals surface area contributed by atoms with Crippen molar-refractivity contribution in [3.8, 4) is 5.75 Å². The monoisotopic (exact) mass is 274 g/mol. The van der Waals surface area contributed by atoms with Crippen LogP contribution in [0.25, 0.3) is 0 Å². The lowest BCUT2D eigenvalue weighted by Crippen LogP contribution is -2.49. The predicted molar refractivity (Wildman–Crippen MR) is 82.1 cm³/mol. The molecule has 0 bridgehead atoms. The number of hydrogen-bond acceptors (Lipinski definition) is 3. The first kappa shape index (κ1) is 13.9. The number of nitrogens with one attached hydrogen (secondary N) is 1. The quantitative estimate of drug-likeness (QED) is 0.917. The van der Waals surface area contributed by atoms with Gasteiger partial charge in [-0.1, -0.05) is 32.0 Å². The smallest absolute Gasteiger partial charge is 0.124 e. The molecule has 110 valence electrons. The van der Waals surface area contributed by atoms with Gasteiger partial charge in [-0.3, -0.25) is 4.90 Å². The highest BCUT2D eigenvalue weighted by molar-refractivity contribution is 5.37. The maximum Gasteiger partial charge on any atom is 0.124 e. The van der Waals surface area contributed by atoms with Crippen molar-refractivity contribution in [3.63, 3.8) is 0 Å². The second-order valence-electron chi connectivity index (χ2n) is 6.12. The van der Waals surface area contributed by atoms with Gasteiger partial charge in [0.15, 0.2) is 0 Å². The Morgan fingerprint density at radius 2 is 2.15 bits per heavy atom. The Labute approximate surface area is 122 Å². The minimum atomic E-state index is 0.546. The summed E-state index contributed by atoms with van der Waals surface area (Å²) in [5.74, 6) is 1.81. The Morgan fingerprint density at radius 3 is 2.95 bits per heavy atom. The summed E-state index contributed by atoms with van der Waals surface area (Å²) in [5.41, 5.74) is 1.38. The molecule has 1 saturated heterocycles. The standard InChI is InChI=1S/C17H26N2O/c1-3-18-15-8-10-19(12-13(15)2)16-9-11-20-17-7-5-4-6-14(16)17/h4-7,13,15-16,18H,3,8-12H2,1-2H3. The van der Waals surface area contributed by atoms with Crippen LogP contribution in [0, 0.1) is 5.92 Å². The highest BCUT2D eigenvalue weighted by Gasteiger charge is 2.32. The van der Waals surface area contributed by atoms with Crippen molar-refractivity contribution in [1.29, 1.82) is 0 Å². The molecule has 1 fully saturated rings. The van der Waals surface area contributed by atoms with E-state index >= 15 is 0 Å². The molecular formula is C17H26N2O. The zero-order chi connectivity index (χ0) is 13.9. The first-order chi connectivity index (χ1) is 9.79. The molecule has 3 heteroatoms. The number of benzene rings is 1. The largest absolute Gasteiger partial charge is 0.493 e. The molecule has 3 nitrogen and oxygen atoms in total. The van der Waals surface area contributed by atoms with E-state index in [-0.39, 0.29) is 0 Å². The molecule has 0 aromatic heterocycles. The zero-order valence-corrected chi connectivity index (χ0v) is 12.6. The lowest BCUT2D eigenvalue weighted by molar-refractivity contribution is 0.0789. The number of likely N-dealkylation sites (tertiary alicyclic amines) is 1. The molecule has 2 aliphatic heterocycles. The molecule has 2 heterocycles. The average molecular weight is 274 g/mol. The van der Waals surface area contributed by atoms with Crippen molar-refractivity contribution in [2.45, 2.75) is 38.8 Å². The topological polar surface area (TPSA) is 24.5 Å². The molecule has 1 N–H and O–H groups in total. The number of rotatable bonds is 3. The summed E-state index contributed by atoms with van der Waals surface area (Å²) in [5, 5.41) is 3.63. The van der Waals surface area contributed by atoms with Gasteiger partial charge in [-0.2, -0.15) is 0 Å². The molecule has 0 spiro atoms. The van der Waals surface area contributed by atoms with Gasteiger partial charge in [0, 0.05) is 37.2 Å². The molecule has 3 atom stereocenters. The molecule has 2 aliphatic rings. The van der Waals surface area contributed by atoms with Crippen LogP contribution in [0.3, 0.4) is 0 Å². The molecule has 0 saturated carbocycles. The van der Waals surface area contributed by atoms with Gasteiger partial charge in [-0.05, 0) is 24.9 Å². The summed E-state index contributed by atoms with van der Waals surface area (Å²) in [4.78, 5) is 2.67. The lowest BCUT2D eigenvalue weighted by atomic mass is 9.90. The van der Waals surface area contributed by atoms with Gasteiger partial charge in [0.25, 0.3) is 0 Å². The molecular weight excluding hydrogens is 248 g/mol. The van der Waals surface area contributed by atoms with Gasteiger partial charge in [-0.25, -0.2) is 0 Å². The first-order valence-electron chi connectivity index (χ1n) is 7.98. The summed E-state index contributed by atoms with van der Waals surface area (Å²) in [6.07, 6.45) is 2.38. The number of nitrogens with zero attached hydrogens (tertiary/aromatic N) is 1. The van der Waals surface area contributed by atoms with Crippen LogP contribution in [0.5, 0.6) is 5.75 Å². The number of para-hydroxylation sites is 1. The Balaban J connectivity index is 1.72. The van der Waals surface area contributed by atoms with Crippen LogP contribution in [-0.2, 0) is 0 Å². The van der Waals surface area contributed by atoms with Gasteiger partial charge in [0.1, 0.15) is 5.75 Å². The lowest BCUT2D eigenvalue weighted by Gasteiger charge is -2.43. The molecule has 3 rings (SSSR count). The molecule has 20 heavy (non-hydrogen) atoms. The molecule has 3 unspecified atom stereocenters. The van der Waals surface area contributed by atoms with Crippen LogP contribution in [-0.4, -0.2) is 37.2 Å². The number of hydrogen-bond donors (Lipinski definition) is 1. The maximum absolute atomic E-state index is 5.79. The van der Waals surface area contributed by atoms with Crippen molar-refractivity contribution >= 4 is 0 Å². The van der Waals surface area contributed by atoms with Crippen LogP contribution >= 0.6 is 0 Å². The van der Waals surface area contributed by atoms with Gasteiger partial charge in [0.05, 0.1) is 6.61 Å². The van der Waals surface area contributed by atoms with E-state index in [1.807, 2.05) is 0 Å². The third kappa shape index (κ3) is 2.70. The van der Waals surface area contributed by atoms with Gasteiger partial charge in [-0.15, -0.1) is 0 Å². The summed E-state index contributed by atoms with van der Waals surface area (Å²) in [6, 6.07) is 9.78. The molecule has 0 aliphatic carbocycles. The van der Waals surface area contributed by atoms with E-state index < -0.39 is 0 Å². The Hall–Kier alpha value is -1.06. The molecule has 0 amide bonds. The van der Waals surface area contributed by atoms with E-state index in [0.717, 1.165) is 31.2 Å². The Morgan fingerprint density at radius 1 is 1.30 bits per heavy atom. The van der Waals surface area contributed by atoms with E-state index in [2.05, 4.69) is 48.3 Å².